The van der Waals surface area contributed by atoms with E-state index in [0.29, 0.717) is 6.54 Å². The third kappa shape index (κ3) is 2.92. The Kier molecular flexibility index (Phi) is 4.05. The van der Waals surface area contributed by atoms with Gasteiger partial charge in [-0.1, -0.05) is 54.6 Å². The minimum absolute atomic E-state index is 0.228. The number of nitrogens with zero attached hydrogens (tertiary/aromatic N) is 3. The number of hydrogen-bond acceptors (Lipinski definition) is 4. The number of benzene rings is 1. The van der Waals surface area contributed by atoms with Crippen molar-refractivity contribution < 1.29 is 5.11 Å². The van der Waals surface area contributed by atoms with E-state index in [-0.39, 0.29) is 11.5 Å². The predicted molar refractivity (Wildman–Crippen MR) is 112 cm³/mol. The maximum absolute atomic E-state index is 10.1. The van der Waals surface area contributed by atoms with Gasteiger partial charge in [-0.2, -0.15) is 0 Å². The topological polar surface area (TPSA) is 65.0 Å². The van der Waals surface area contributed by atoms with Crippen molar-refractivity contribution in [2.24, 2.45) is 0 Å². The number of aromatic amines is 1. The van der Waals surface area contributed by atoms with Crippen molar-refractivity contribution in [3.63, 3.8) is 0 Å². The molecule has 5 heteroatoms. The Morgan fingerprint density at radius 3 is 2.75 bits per heavy atom. The molecule has 0 bridgehead atoms. The Morgan fingerprint density at radius 1 is 1.18 bits per heavy atom. The summed E-state index contributed by atoms with van der Waals surface area (Å²) in [6.07, 6.45) is 9.84. The standard InChI is InChI=1S/C23H24N4O/c1-23(11-6-3-7-12-23)22-25-20-18(21(26-22)27-13-10-17(28)15-27)14-19(24-20)16-8-4-2-5-9-16/h2-9,11,14,17,28H,10,12-13,15H2,1H3,(H,24,25,26)/t17-,23?/m1/s1. The highest BCUT2D eigenvalue weighted by atomic mass is 16.3. The van der Waals surface area contributed by atoms with Gasteiger partial charge in [0.15, 0.2) is 0 Å². The van der Waals surface area contributed by atoms with Crippen molar-refractivity contribution in [2.75, 3.05) is 18.0 Å². The summed E-state index contributed by atoms with van der Waals surface area (Å²) in [5.41, 5.74) is 2.78. The molecule has 0 radical (unpaired) electrons. The first-order valence-electron chi connectivity index (χ1n) is 9.86. The number of rotatable bonds is 3. The summed E-state index contributed by atoms with van der Waals surface area (Å²) in [6.45, 7) is 3.60. The van der Waals surface area contributed by atoms with Crippen LogP contribution in [0.2, 0.25) is 0 Å². The lowest BCUT2D eigenvalue weighted by atomic mass is 9.83. The van der Waals surface area contributed by atoms with Gasteiger partial charge in [0.1, 0.15) is 17.3 Å². The van der Waals surface area contributed by atoms with E-state index in [4.69, 9.17) is 9.97 Å². The Morgan fingerprint density at radius 2 is 2.04 bits per heavy atom. The molecule has 5 rings (SSSR count). The number of hydrogen-bond donors (Lipinski definition) is 2. The van der Waals surface area contributed by atoms with E-state index < -0.39 is 0 Å². The Labute approximate surface area is 164 Å². The molecule has 2 aromatic heterocycles. The molecule has 28 heavy (non-hydrogen) atoms. The van der Waals surface area contributed by atoms with Crippen LogP contribution in [0.3, 0.4) is 0 Å². The highest BCUT2D eigenvalue weighted by Gasteiger charge is 2.31. The average Bonchev–Trinajstić information content (AvgIpc) is 3.35. The smallest absolute Gasteiger partial charge is 0.143 e. The molecule has 142 valence electrons. The number of nitrogens with one attached hydrogen (secondary N) is 1. The number of H-pyrrole nitrogens is 1. The minimum Gasteiger partial charge on any atom is -0.391 e. The average molecular weight is 372 g/mol. The summed E-state index contributed by atoms with van der Waals surface area (Å²) in [5.74, 6) is 1.73. The number of aromatic nitrogens is 3. The summed E-state index contributed by atoms with van der Waals surface area (Å²) >= 11 is 0. The largest absolute Gasteiger partial charge is 0.391 e. The summed E-state index contributed by atoms with van der Waals surface area (Å²) in [5, 5.41) is 11.1. The second-order valence-electron chi connectivity index (χ2n) is 7.98. The Hall–Kier alpha value is -2.92. The first kappa shape index (κ1) is 17.2. The van der Waals surface area contributed by atoms with Crippen molar-refractivity contribution in [3.05, 3.63) is 66.5 Å². The molecule has 1 aromatic carbocycles. The van der Waals surface area contributed by atoms with Gasteiger partial charge < -0.3 is 15.0 Å². The van der Waals surface area contributed by atoms with Crippen molar-refractivity contribution in [1.29, 1.82) is 0 Å². The van der Waals surface area contributed by atoms with E-state index in [9.17, 15) is 5.11 Å². The first-order valence-corrected chi connectivity index (χ1v) is 9.86. The van der Waals surface area contributed by atoms with E-state index in [2.05, 4.69) is 59.3 Å². The van der Waals surface area contributed by atoms with E-state index >= 15 is 0 Å². The summed E-state index contributed by atoms with van der Waals surface area (Å²) in [4.78, 5) is 15.6. The van der Waals surface area contributed by atoms with Crippen LogP contribution in [-0.4, -0.2) is 39.3 Å². The molecule has 5 nitrogen and oxygen atoms in total. The fraction of sp³-hybridized carbons (Fsp3) is 0.304. The molecule has 2 N–H and O–H groups in total. The molecule has 1 saturated heterocycles. The number of anilines is 1. The molecule has 2 aliphatic rings. The van der Waals surface area contributed by atoms with Gasteiger partial charge in [-0.15, -0.1) is 0 Å². The van der Waals surface area contributed by atoms with Crippen LogP contribution in [-0.2, 0) is 5.41 Å². The van der Waals surface area contributed by atoms with Crippen LogP contribution in [0.4, 0.5) is 5.82 Å². The second kappa shape index (κ2) is 6.60. The molecule has 0 spiro atoms. The van der Waals surface area contributed by atoms with Crippen LogP contribution < -0.4 is 4.90 Å². The van der Waals surface area contributed by atoms with Crippen molar-refractivity contribution in [1.82, 2.24) is 15.0 Å². The first-order chi connectivity index (χ1) is 13.6. The van der Waals surface area contributed by atoms with Crippen LogP contribution in [0, 0.1) is 0 Å². The van der Waals surface area contributed by atoms with E-state index in [1.54, 1.807) is 0 Å². The Balaban J connectivity index is 1.68. The van der Waals surface area contributed by atoms with Crippen molar-refractivity contribution >= 4 is 16.9 Å². The van der Waals surface area contributed by atoms with E-state index in [1.165, 1.54) is 0 Å². The van der Waals surface area contributed by atoms with Gasteiger partial charge >= 0.3 is 0 Å². The lowest BCUT2D eigenvalue weighted by Gasteiger charge is -2.27. The summed E-state index contributed by atoms with van der Waals surface area (Å²) in [6, 6.07) is 12.4. The third-order valence-corrected chi connectivity index (χ3v) is 5.78. The lowest BCUT2D eigenvalue weighted by Crippen LogP contribution is -2.27. The zero-order valence-corrected chi connectivity index (χ0v) is 16.0. The van der Waals surface area contributed by atoms with Crippen LogP contribution in [0.25, 0.3) is 22.3 Å². The van der Waals surface area contributed by atoms with Crippen LogP contribution >= 0.6 is 0 Å². The molecular formula is C23H24N4O. The minimum atomic E-state index is -0.297. The van der Waals surface area contributed by atoms with Gasteiger partial charge in [0.2, 0.25) is 0 Å². The Bertz CT molecular complexity index is 1070. The van der Waals surface area contributed by atoms with Gasteiger partial charge in [0, 0.05) is 24.2 Å². The number of fused-ring (bicyclic) bond motifs is 1. The zero-order valence-electron chi connectivity index (χ0n) is 16.0. The monoisotopic (exact) mass is 372 g/mol. The highest BCUT2D eigenvalue weighted by Crippen LogP contribution is 2.36. The highest BCUT2D eigenvalue weighted by molar-refractivity contribution is 5.92. The number of aliphatic hydroxyl groups excluding tert-OH is 1. The van der Waals surface area contributed by atoms with E-state index in [0.717, 1.165) is 53.3 Å². The van der Waals surface area contributed by atoms with E-state index in [1.807, 2.05) is 18.2 Å². The molecule has 3 aromatic rings. The van der Waals surface area contributed by atoms with Crippen molar-refractivity contribution in [2.45, 2.75) is 31.3 Å². The maximum Gasteiger partial charge on any atom is 0.143 e. The molecule has 3 heterocycles. The molecule has 0 saturated carbocycles. The molecule has 0 amide bonds. The quantitative estimate of drug-likeness (QED) is 0.730. The number of allylic oxidation sites excluding steroid dienone is 4. The SMILES string of the molecule is CC1(c2nc(N3CC[C@@H](O)C3)c3cc(-c4ccccc4)[nH]c3n2)C=CC=CC1. The normalized spacial score (nSPS) is 24.4. The molecule has 1 aliphatic heterocycles. The summed E-state index contributed by atoms with van der Waals surface area (Å²) < 4.78 is 0. The third-order valence-electron chi connectivity index (χ3n) is 5.78. The maximum atomic E-state index is 10.1. The molecular weight excluding hydrogens is 348 g/mol. The fourth-order valence-corrected chi connectivity index (χ4v) is 4.09. The van der Waals surface area contributed by atoms with Gasteiger partial charge in [0.25, 0.3) is 0 Å². The van der Waals surface area contributed by atoms with Gasteiger partial charge in [-0.05, 0) is 31.4 Å². The second-order valence-corrected chi connectivity index (χ2v) is 7.98. The zero-order chi connectivity index (χ0) is 19.1. The number of aliphatic hydroxyl groups is 1. The van der Waals surface area contributed by atoms with Crippen LogP contribution in [0.5, 0.6) is 0 Å². The molecule has 2 atom stereocenters. The lowest BCUT2D eigenvalue weighted by molar-refractivity contribution is 0.198. The van der Waals surface area contributed by atoms with Gasteiger partial charge in [-0.3, -0.25) is 0 Å². The molecule has 1 unspecified atom stereocenters. The fourth-order valence-electron chi connectivity index (χ4n) is 4.09. The predicted octanol–water partition coefficient (Wildman–Crippen LogP) is 3.97. The molecule has 1 fully saturated rings. The number of β-amino-alcohol motifs (C(OH)–C–C–N with tert-alkyl or cyclic N) is 1. The van der Waals surface area contributed by atoms with Gasteiger partial charge in [-0.25, -0.2) is 9.97 Å². The van der Waals surface area contributed by atoms with Crippen LogP contribution in [0.15, 0.2) is 60.7 Å². The molecule has 1 aliphatic carbocycles. The summed E-state index contributed by atoms with van der Waals surface area (Å²) in [7, 11) is 0. The van der Waals surface area contributed by atoms with Crippen molar-refractivity contribution in [3.8, 4) is 11.3 Å². The van der Waals surface area contributed by atoms with Crippen LogP contribution in [0.1, 0.15) is 25.6 Å². The van der Waals surface area contributed by atoms with Gasteiger partial charge in [0.05, 0.1) is 11.5 Å².